The van der Waals surface area contributed by atoms with Crippen molar-refractivity contribution in [3.63, 3.8) is 0 Å². The van der Waals surface area contributed by atoms with Crippen LogP contribution in [0.1, 0.15) is 25.3 Å². The third-order valence-corrected chi connectivity index (χ3v) is 3.15. The fraction of sp³-hybridized carbons (Fsp3) is 0.462. The van der Waals surface area contributed by atoms with Crippen LogP contribution in [0.4, 0.5) is 0 Å². The van der Waals surface area contributed by atoms with E-state index in [1.165, 1.54) is 0 Å². The second kappa shape index (κ2) is 8.11. The van der Waals surface area contributed by atoms with Gasteiger partial charge >= 0.3 is 0 Å². The summed E-state index contributed by atoms with van der Waals surface area (Å²) in [7, 11) is 0. The van der Waals surface area contributed by atoms with E-state index >= 15 is 0 Å². The normalized spacial score (nSPS) is 10.3. The van der Waals surface area contributed by atoms with Crippen LogP contribution in [0.5, 0.6) is 5.75 Å². The van der Waals surface area contributed by atoms with Crippen LogP contribution >= 0.6 is 15.9 Å². The minimum Gasteiger partial charge on any atom is -0.493 e. The Morgan fingerprint density at radius 1 is 1.50 bits per heavy atom. The maximum absolute atomic E-state index is 10.6. The van der Waals surface area contributed by atoms with E-state index in [-0.39, 0.29) is 12.3 Å². The smallest absolute Gasteiger partial charge is 0.220 e. The molecule has 0 radical (unpaired) electrons. The van der Waals surface area contributed by atoms with E-state index in [0.717, 1.165) is 35.3 Å². The average Bonchev–Trinajstić information content (AvgIpc) is 2.33. The number of amides is 1. The van der Waals surface area contributed by atoms with Crippen molar-refractivity contribution in [2.45, 2.75) is 26.3 Å². The second-order valence-electron chi connectivity index (χ2n) is 3.99. The number of carbonyl (C=O) groups is 1. The van der Waals surface area contributed by atoms with E-state index in [9.17, 15) is 4.79 Å². The van der Waals surface area contributed by atoms with Gasteiger partial charge < -0.3 is 15.8 Å². The van der Waals surface area contributed by atoms with Crippen LogP contribution in [0.25, 0.3) is 0 Å². The number of nitrogens with two attached hydrogens (primary N) is 1. The van der Waals surface area contributed by atoms with Gasteiger partial charge in [0.1, 0.15) is 5.75 Å². The van der Waals surface area contributed by atoms with Crippen LogP contribution in [0.3, 0.4) is 0 Å². The molecule has 1 aromatic carbocycles. The molecule has 0 aromatic heterocycles. The quantitative estimate of drug-likeness (QED) is 0.723. The maximum Gasteiger partial charge on any atom is 0.220 e. The Hall–Kier alpha value is -1.07. The highest BCUT2D eigenvalue weighted by Gasteiger charge is 2.03. The van der Waals surface area contributed by atoms with Crippen molar-refractivity contribution >= 4 is 21.8 Å². The summed E-state index contributed by atoms with van der Waals surface area (Å²) >= 11 is 3.50. The van der Waals surface area contributed by atoms with Gasteiger partial charge in [-0.15, -0.1) is 0 Å². The lowest BCUT2D eigenvalue weighted by atomic mass is 10.2. The molecule has 3 N–H and O–H groups in total. The molecule has 0 unspecified atom stereocenters. The molecule has 0 spiro atoms. The van der Waals surface area contributed by atoms with Gasteiger partial charge in [-0.25, -0.2) is 0 Å². The molecule has 0 saturated carbocycles. The number of carbonyl (C=O) groups excluding carboxylic acids is 1. The Kier molecular flexibility index (Phi) is 6.75. The number of halogens is 1. The molecule has 1 aromatic rings. The largest absolute Gasteiger partial charge is 0.493 e. The molecule has 0 bridgehead atoms. The van der Waals surface area contributed by atoms with Crippen molar-refractivity contribution in [1.29, 1.82) is 0 Å². The summed E-state index contributed by atoms with van der Waals surface area (Å²) in [5.74, 6) is 0.407. The van der Waals surface area contributed by atoms with Crippen molar-refractivity contribution in [1.82, 2.24) is 5.32 Å². The summed E-state index contributed by atoms with van der Waals surface area (Å²) in [5.41, 5.74) is 6.19. The zero-order chi connectivity index (χ0) is 13.4. The van der Waals surface area contributed by atoms with E-state index in [4.69, 9.17) is 10.5 Å². The molecule has 5 heteroatoms. The van der Waals surface area contributed by atoms with Gasteiger partial charge in [-0.2, -0.15) is 0 Å². The van der Waals surface area contributed by atoms with Gasteiger partial charge in [0, 0.05) is 11.0 Å². The summed E-state index contributed by atoms with van der Waals surface area (Å²) in [6, 6.07) is 5.78. The molecular formula is C13H19BrN2O2. The topological polar surface area (TPSA) is 64.3 Å². The lowest BCUT2D eigenvalue weighted by Gasteiger charge is -2.10. The first-order valence-electron chi connectivity index (χ1n) is 6.03. The molecule has 0 saturated heterocycles. The summed E-state index contributed by atoms with van der Waals surface area (Å²) < 4.78 is 6.52. The predicted octanol–water partition coefficient (Wildman–Crippen LogP) is 2.20. The Labute approximate surface area is 116 Å². The molecule has 0 fully saturated rings. The SMILES string of the molecule is CCCNCc1cc(OCCC(N)=O)ccc1Br. The summed E-state index contributed by atoms with van der Waals surface area (Å²) in [5, 5.41) is 3.33. The van der Waals surface area contributed by atoms with Crippen molar-refractivity contribution in [3.8, 4) is 5.75 Å². The van der Waals surface area contributed by atoms with E-state index < -0.39 is 0 Å². The van der Waals surface area contributed by atoms with E-state index in [1.54, 1.807) is 0 Å². The van der Waals surface area contributed by atoms with Crippen LogP contribution in [0, 0.1) is 0 Å². The second-order valence-corrected chi connectivity index (χ2v) is 4.85. The first-order chi connectivity index (χ1) is 8.63. The minimum absolute atomic E-state index is 0.236. The fourth-order valence-corrected chi connectivity index (χ4v) is 1.83. The number of ether oxygens (including phenoxy) is 1. The monoisotopic (exact) mass is 314 g/mol. The van der Waals surface area contributed by atoms with Crippen LogP contribution in [0.2, 0.25) is 0 Å². The zero-order valence-corrected chi connectivity index (χ0v) is 12.1. The van der Waals surface area contributed by atoms with Gasteiger partial charge in [-0.3, -0.25) is 4.79 Å². The molecule has 1 rings (SSSR count). The number of benzene rings is 1. The molecule has 0 aliphatic carbocycles. The Morgan fingerprint density at radius 3 is 2.94 bits per heavy atom. The van der Waals surface area contributed by atoms with Gasteiger partial charge in [-0.05, 0) is 36.7 Å². The van der Waals surface area contributed by atoms with E-state index in [2.05, 4.69) is 28.2 Å². The van der Waals surface area contributed by atoms with Crippen molar-refractivity contribution < 1.29 is 9.53 Å². The predicted molar refractivity (Wildman–Crippen MR) is 75.4 cm³/mol. The first kappa shape index (κ1) is 15.0. The van der Waals surface area contributed by atoms with Gasteiger partial charge in [0.15, 0.2) is 0 Å². The maximum atomic E-state index is 10.6. The van der Waals surface area contributed by atoms with Gasteiger partial charge in [-0.1, -0.05) is 22.9 Å². The molecule has 18 heavy (non-hydrogen) atoms. The Morgan fingerprint density at radius 2 is 2.28 bits per heavy atom. The highest BCUT2D eigenvalue weighted by atomic mass is 79.9. The molecule has 0 heterocycles. The van der Waals surface area contributed by atoms with Crippen molar-refractivity contribution in [2.75, 3.05) is 13.2 Å². The summed E-state index contributed by atoms with van der Waals surface area (Å²) in [4.78, 5) is 10.6. The molecule has 4 nitrogen and oxygen atoms in total. The van der Waals surface area contributed by atoms with Crippen molar-refractivity contribution in [3.05, 3.63) is 28.2 Å². The molecule has 1 amide bonds. The molecule has 100 valence electrons. The van der Waals surface area contributed by atoms with Gasteiger partial charge in [0.25, 0.3) is 0 Å². The molecule has 0 aliphatic heterocycles. The summed E-state index contributed by atoms with van der Waals surface area (Å²) in [6.07, 6.45) is 1.34. The lowest BCUT2D eigenvalue weighted by Crippen LogP contribution is -2.15. The first-order valence-corrected chi connectivity index (χ1v) is 6.83. The third kappa shape index (κ3) is 5.51. The lowest BCUT2D eigenvalue weighted by molar-refractivity contribution is -0.118. The van der Waals surface area contributed by atoms with Crippen molar-refractivity contribution in [2.24, 2.45) is 5.73 Å². The number of rotatable bonds is 8. The summed E-state index contributed by atoms with van der Waals surface area (Å²) in [6.45, 7) is 4.23. The highest BCUT2D eigenvalue weighted by molar-refractivity contribution is 9.10. The van der Waals surface area contributed by atoms with Gasteiger partial charge in [0.05, 0.1) is 13.0 Å². The zero-order valence-electron chi connectivity index (χ0n) is 10.5. The van der Waals surface area contributed by atoms with E-state index in [0.29, 0.717) is 6.61 Å². The highest BCUT2D eigenvalue weighted by Crippen LogP contribution is 2.22. The van der Waals surface area contributed by atoms with Crippen LogP contribution < -0.4 is 15.8 Å². The van der Waals surface area contributed by atoms with Crippen LogP contribution in [-0.2, 0) is 11.3 Å². The Bertz CT molecular complexity index is 397. The number of primary amides is 1. The Balaban J connectivity index is 2.53. The molecule has 0 aliphatic rings. The number of hydrogen-bond donors (Lipinski definition) is 2. The number of hydrogen-bond acceptors (Lipinski definition) is 3. The van der Waals surface area contributed by atoms with Gasteiger partial charge in [0.2, 0.25) is 5.91 Å². The average molecular weight is 315 g/mol. The minimum atomic E-state index is -0.350. The molecule has 0 atom stereocenters. The molecular weight excluding hydrogens is 296 g/mol. The fourth-order valence-electron chi connectivity index (χ4n) is 1.45. The standard InChI is InChI=1S/C13H19BrN2O2/c1-2-6-16-9-10-8-11(3-4-12(10)14)18-7-5-13(15)17/h3-4,8,16H,2,5-7,9H2,1H3,(H2,15,17). The van der Waals surface area contributed by atoms with E-state index in [1.807, 2.05) is 18.2 Å². The van der Waals surface area contributed by atoms with Crippen LogP contribution in [0.15, 0.2) is 22.7 Å². The van der Waals surface area contributed by atoms with Crippen LogP contribution in [-0.4, -0.2) is 19.1 Å². The third-order valence-electron chi connectivity index (χ3n) is 2.38. The number of nitrogens with one attached hydrogen (secondary N) is 1.